The van der Waals surface area contributed by atoms with Gasteiger partial charge in [0, 0.05) is 10.5 Å². The molecule has 0 aliphatic carbocycles. The number of ether oxygens (including phenoxy) is 3. The molecule has 0 unspecified atom stereocenters. The highest BCUT2D eigenvalue weighted by atomic mass is 79.9. The molecular weight excluding hydrogens is 452 g/mol. The second-order valence-electron chi connectivity index (χ2n) is 6.42. The van der Waals surface area contributed by atoms with Crippen molar-refractivity contribution in [3.05, 3.63) is 58.1 Å². The zero-order valence-corrected chi connectivity index (χ0v) is 18.4. The van der Waals surface area contributed by atoms with Crippen LogP contribution in [0.2, 0.25) is 0 Å². The van der Waals surface area contributed by atoms with Crippen molar-refractivity contribution >= 4 is 33.9 Å². The first-order valence-electron chi connectivity index (χ1n) is 9.02. The number of rotatable bonds is 8. The summed E-state index contributed by atoms with van der Waals surface area (Å²) in [5, 5.41) is 11.9. The first-order chi connectivity index (χ1) is 14.3. The second kappa shape index (κ2) is 11.0. The molecule has 0 heterocycles. The summed E-state index contributed by atoms with van der Waals surface area (Å²) >= 11 is 3.32. The molecule has 2 aromatic rings. The lowest BCUT2D eigenvalue weighted by molar-refractivity contribution is -0.136. The maximum atomic E-state index is 12.1. The summed E-state index contributed by atoms with van der Waals surface area (Å²) in [7, 11) is 1.43. The van der Waals surface area contributed by atoms with E-state index < -0.39 is 11.9 Å². The van der Waals surface area contributed by atoms with Crippen LogP contribution in [0.4, 0.5) is 0 Å². The standard InChI is InChI=1S/C22H21BrN2O5/c1-14(2)25-22(27)16(12-24)10-15-4-9-19(20(11-15)28-3)30-21(26)13-29-18-7-5-17(23)6-8-18/h4-11,14H,13H2,1-3H3,(H,25,27)/b16-10+. The monoisotopic (exact) mass is 472 g/mol. The molecule has 0 saturated heterocycles. The third-order valence-electron chi connectivity index (χ3n) is 3.68. The number of nitriles is 1. The Bertz CT molecular complexity index is 978. The quantitative estimate of drug-likeness (QED) is 0.271. The topological polar surface area (TPSA) is 97.6 Å². The molecule has 2 rings (SSSR count). The van der Waals surface area contributed by atoms with Crippen LogP contribution >= 0.6 is 15.9 Å². The average molecular weight is 473 g/mol. The molecule has 7 nitrogen and oxygen atoms in total. The largest absolute Gasteiger partial charge is 0.493 e. The number of hydrogen-bond donors (Lipinski definition) is 1. The third-order valence-corrected chi connectivity index (χ3v) is 4.21. The lowest BCUT2D eigenvalue weighted by atomic mass is 10.1. The van der Waals surface area contributed by atoms with Crippen LogP contribution in [-0.2, 0) is 9.59 Å². The van der Waals surface area contributed by atoms with Crippen molar-refractivity contribution in [1.29, 1.82) is 5.26 Å². The predicted molar refractivity (Wildman–Crippen MR) is 115 cm³/mol. The van der Waals surface area contributed by atoms with Crippen LogP contribution in [0.15, 0.2) is 52.5 Å². The molecule has 156 valence electrons. The number of benzene rings is 2. The van der Waals surface area contributed by atoms with Gasteiger partial charge in [-0.05, 0) is 61.9 Å². The third kappa shape index (κ3) is 6.94. The van der Waals surface area contributed by atoms with E-state index in [1.165, 1.54) is 19.3 Å². The smallest absolute Gasteiger partial charge is 0.349 e. The van der Waals surface area contributed by atoms with Gasteiger partial charge in [-0.15, -0.1) is 0 Å². The maximum Gasteiger partial charge on any atom is 0.349 e. The van der Waals surface area contributed by atoms with Crippen molar-refractivity contribution in [3.8, 4) is 23.3 Å². The number of carbonyl (C=O) groups is 2. The SMILES string of the molecule is COc1cc(/C=C(\C#N)C(=O)NC(C)C)ccc1OC(=O)COc1ccc(Br)cc1. The number of carbonyl (C=O) groups excluding carboxylic acids is 2. The van der Waals surface area contributed by atoms with Crippen LogP contribution < -0.4 is 19.5 Å². The molecule has 1 amide bonds. The maximum absolute atomic E-state index is 12.1. The van der Waals surface area contributed by atoms with Gasteiger partial charge in [-0.25, -0.2) is 4.79 Å². The highest BCUT2D eigenvalue weighted by Gasteiger charge is 2.14. The van der Waals surface area contributed by atoms with Crippen LogP contribution in [-0.4, -0.2) is 31.6 Å². The molecule has 0 aromatic heterocycles. The normalized spacial score (nSPS) is 10.9. The van der Waals surface area contributed by atoms with E-state index in [1.807, 2.05) is 6.07 Å². The Hall–Kier alpha value is -3.31. The van der Waals surface area contributed by atoms with Crippen molar-refractivity contribution < 1.29 is 23.8 Å². The highest BCUT2D eigenvalue weighted by molar-refractivity contribution is 9.10. The molecule has 0 aliphatic heterocycles. The summed E-state index contributed by atoms with van der Waals surface area (Å²) in [6, 6.07) is 13.5. The number of amides is 1. The van der Waals surface area contributed by atoms with Gasteiger partial charge in [0.1, 0.15) is 17.4 Å². The van der Waals surface area contributed by atoms with E-state index in [4.69, 9.17) is 14.2 Å². The van der Waals surface area contributed by atoms with Crippen molar-refractivity contribution in [3.63, 3.8) is 0 Å². The van der Waals surface area contributed by atoms with Gasteiger partial charge in [0.25, 0.3) is 5.91 Å². The van der Waals surface area contributed by atoms with Gasteiger partial charge >= 0.3 is 5.97 Å². The van der Waals surface area contributed by atoms with Gasteiger partial charge in [0.05, 0.1) is 7.11 Å². The number of esters is 1. The molecule has 0 aliphatic rings. The summed E-state index contributed by atoms with van der Waals surface area (Å²) in [5.41, 5.74) is 0.506. The zero-order valence-electron chi connectivity index (χ0n) is 16.8. The number of hydrogen-bond acceptors (Lipinski definition) is 6. The van der Waals surface area contributed by atoms with E-state index in [-0.39, 0.29) is 29.7 Å². The van der Waals surface area contributed by atoms with Crippen molar-refractivity contribution in [2.75, 3.05) is 13.7 Å². The summed E-state index contributed by atoms with van der Waals surface area (Å²) in [6.07, 6.45) is 1.43. The van der Waals surface area contributed by atoms with Gasteiger partial charge < -0.3 is 19.5 Å². The number of methoxy groups -OCH3 is 1. The first-order valence-corrected chi connectivity index (χ1v) is 9.81. The molecule has 30 heavy (non-hydrogen) atoms. The van der Waals surface area contributed by atoms with Crippen LogP contribution in [0.3, 0.4) is 0 Å². The second-order valence-corrected chi connectivity index (χ2v) is 7.34. The zero-order chi connectivity index (χ0) is 22.1. The van der Waals surface area contributed by atoms with E-state index in [1.54, 1.807) is 50.2 Å². The van der Waals surface area contributed by atoms with E-state index in [0.29, 0.717) is 11.3 Å². The summed E-state index contributed by atoms with van der Waals surface area (Å²) in [5.74, 6) is -0.0570. The first kappa shape index (κ1) is 23.0. The van der Waals surface area contributed by atoms with E-state index in [9.17, 15) is 14.9 Å². The van der Waals surface area contributed by atoms with Gasteiger partial charge in [0.15, 0.2) is 18.1 Å². The van der Waals surface area contributed by atoms with E-state index in [0.717, 1.165) is 4.47 Å². The molecule has 2 aromatic carbocycles. The summed E-state index contributed by atoms with van der Waals surface area (Å²) in [6.45, 7) is 3.33. The predicted octanol–water partition coefficient (Wildman–Crippen LogP) is 3.87. The van der Waals surface area contributed by atoms with Crippen LogP contribution in [0, 0.1) is 11.3 Å². The summed E-state index contributed by atoms with van der Waals surface area (Å²) in [4.78, 5) is 24.1. The highest BCUT2D eigenvalue weighted by Crippen LogP contribution is 2.29. The van der Waals surface area contributed by atoms with Gasteiger partial charge in [-0.1, -0.05) is 22.0 Å². The fourth-order valence-corrected chi connectivity index (χ4v) is 2.60. The minimum atomic E-state index is -0.603. The lowest BCUT2D eigenvalue weighted by Crippen LogP contribution is -2.30. The molecule has 0 radical (unpaired) electrons. The van der Waals surface area contributed by atoms with Crippen molar-refractivity contribution in [1.82, 2.24) is 5.32 Å². The molecule has 0 spiro atoms. The molecule has 0 bridgehead atoms. The molecule has 0 saturated carbocycles. The Balaban J connectivity index is 2.08. The lowest BCUT2D eigenvalue weighted by Gasteiger charge is -2.11. The molecule has 8 heteroatoms. The van der Waals surface area contributed by atoms with Crippen molar-refractivity contribution in [2.24, 2.45) is 0 Å². The Morgan fingerprint density at radius 2 is 1.87 bits per heavy atom. The fourth-order valence-electron chi connectivity index (χ4n) is 2.34. The molecule has 0 atom stereocenters. The molecular formula is C22H21BrN2O5. The van der Waals surface area contributed by atoms with Gasteiger partial charge in [-0.3, -0.25) is 4.79 Å². The number of nitrogens with one attached hydrogen (secondary N) is 1. The van der Waals surface area contributed by atoms with Crippen LogP contribution in [0.1, 0.15) is 19.4 Å². The fraction of sp³-hybridized carbons (Fsp3) is 0.227. The van der Waals surface area contributed by atoms with Crippen LogP contribution in [0.25, 0.3) is 6.08 Å². The molecule has 1 N–H and O–H groups in total. The Morgan fingerprint density at radius 1 is 1.17 bits per heavy atom. The number of halogens is 1. The van der Waals surface area contributed by atoms with Crippen LogP contribution in [0.5, 0.6) is 17.2 Å². The minimum Gasteiger partial charge on any atom is -0.493 e. The Morgan fingerprint density at radius 3 is 2.47 bits per heavy atom. The van der Waals surface area contributed by atoms with Gasteiger partial charge in [0.2, 0.25) is 0 Å². The Labute approximate surface area is 183 Å². The molecule has 0 fully saturated rings. The summed E-state index contributed by atoms with van der Waals surface area (Å²) < 4.78 is 16.9. The number of nitrogens with zero attached hydrogens (tertiary/aromatic N) is 1. The van der Waals surface area contributed by atoms with E-state index >= 15 is 0 Å². The minimum absolute atomic E-state index is 0.0432. The van der Waals surface area contributed by atoms with Crippen molar-refractivity contribution in [2.45, 2.75) is 19.9 Å². The Kier molecular flexibility index (Phi) is 8.44. The average Bonchev–Trinajstić information content (AvgIpc) is 2.71. The van der Waals surface area contributed by atoms with Gasteiger partial charge in [-0.2, -0.15) is 5.26 Å². The van der Waals surface area contributed by atoms with E-state index in [2.05, 4.69) is 21.2 Å².